The van der Waals surface area contributed by atoms with E-state index in [2.05, 4.69) is 142 Å². The Morgan fingerprint density at radius 2 is 0.664 bits per heavy atom. The maximum atomic E-state index is 14.7. The number of aliphatic hydroxyl groups excluding tert-OH is 5. The number of primary amides is 1. The van der Waals surface area contributed by atoms with E-state index in [0.29, 0.717) is 5.56 Å². The fourth-order valence-electron chi connectivity index (χ4n) is 13.9. The molecular formula is C88H144N28O30S3. The van der Waals surface area contributed by atoms with Crippen molar-refractivity contribution in [1.29, 1.82) is 10.8 Å². The third kappa shape index (κ3) is 51.5. The third-order valence-corrected chi connectivity index (χ3v) is 23.1. The average molecular weight is 2170 g/mol. The number of nitrogens with zero attached hydrogens (tertiary/aromatic N) is 1. The predicted octanol–water partition coefficient (Wildman–Crippen LogP) is -12.8. The van der Waals surface area contributed by atoms with Crippen molar-refractivity contribution in [1.82, 2.24) is 116 Å². The Bertz CT molecular complexity index is 4810. The van der Waals surface area contributed by atoms with Gasteiger partial charge in [0.25, 0.3) is 0 Å². The molecule has 0 saturated carbocycles. The number of imidazole rings is 1. The number of benzene rings is 1. The minimum absolute atomic E-state index is 0.0613. The fourth-order valence-corrected chi connectivity index (χ4v) is 14.8. The number of carboxylic acid groups (broad SMARTS) is 3. The molecule has 0 unspecified atom stereocenters. The van der Waals surface area contributed by atoms with E-state index in [1.54, 1.807) is 78.1 Å². The van der Waals surface area contributed by atoms with Gasteiger partial charge in [0.15, 0.2) is 11.9 Å². The summed E-state index contributed by atoms with van der Waals surface area (Å²) in [6, 6.07) is -22.5. The molecule has 1 aromatic heterocycles. The van der Waals surface area contributed by atoms with Crippen LogP contribution in [0.1, 0.15) is 143 Å². The fraction of sp³-hybridized carbons (Fsp3) is 0.625. The van der Waals surface area contributed by atoms with Gasteiger partial charge in [0.1, 0.15) is 109 Å². The van der Waals surface area contributed by atoms with Gasteiger partial charge in [-0.15, -0.1) is 0 Å². The van der Waals surface area contributed by atoms with Crippen LogP contribution in [-0.4, -0.2) is 378 Å². The summed E-state index contributed by atoms with van der Waals surface area (Å²) in [5.41, 5.74) is 22.7. The standard InChI is InChI=1S/C88H144N28O30S3/c1-42(2)27-54(109-81(140)58(31-46-32-95-41-99-46)110-80(139)57(30-45-13-9-8-10-14-45)100-66(123)33-98-70(129)59(35-118)111-85(144)63(39-147)115-69(128)47(89)34-117)77(136)108-56(29-44(5)6)79(138)116-64(40-148)84(143)105-52(19-22-68(126)127)75(134)113-60(36-119)82(141)102-49(16-12-25-97-88(93)94)72(131)112-61(37-120)83(142)106-53(23-26-149-7)76(135)103-50(17-20-65(90)122)73(132)101-48(15-11-24-96-87(91)92)71(130)104-51(18-21-67(124)125)74(133)107-55(28-43(3)4)78(137)114-62(38-121)86(145)146/h8-10,13-14,32,41-44,47-64,117-121,147-148H,11-12,15-31,33-40,89H2,1-7H3,(H2,90,122)(H,95,99)(H,98,129)(H,100,123)(H,101,132)(H,102,141)(H,103,135)(H,104,130)(H,105,143)(H,106,142)(H,107,133)(H,108,136)(H,109,140)(H,110,139)(H,111,144)(H,112,131)(H,113,134)(H,114,137)(H,115,128)(H,116,138)(H,124,125)(H,126,127)(H,145,146)(H4,91,92,96)(H4,93,94,97)/t47-,48-,49-,50-,51-,52-,53-,54-,55-,56-,57-,58-,59-,60-,61-,62-,63-,64-/m0/s1. The number of H-pyrrole nitrogens is 1. The number of rotatable bonds is 74. The third-order valence-electron chi connectivity index (χ3n) is 21.7. The van der Waals surface area contributed by atoms with Gasteiger partial charge in [-0.05, 0) is 106 Å². The second-order valence-electron chi connectivity index (χ2n) is 35.5. The van der Waals surface area contributed by atoms with Gasteiger partial charge in [-0.2, -0.15) is 37.0 Å². The molecule has 58 nitrogen and oxygen atoms in total. The molecule has 0 fully saturated rings. The second kappa shape index (κ2) is 70.1. The molecule has 39 N–H and O–H groups in total. The number of hydrogen-bond acceptors (Lipinski definition) is 34. The minimum atomic E-state index is -2.09. The summed E-state index contributed by atoms with van der Waals surface area (Å²) in [4.78, 5) is 308. The quantitative estimate of drug-likeness (QED) is 0.0127. The van der Waals surface area contributed by atoms with Crippen LogP contribution in [-0.2, 0) is 118 Å². The highest BCUT2D eigenvalue weighted by Crippen LogP contribution is 2.17. The molecule has 0 saturated heterocycles. The highest BCUT2D eigenvalue weighted by molar-refractivity contribution is 7.98. The molecule has 0 aliphatic rings. The topological polar surface area (TPSA) is 958 Å². The number of nitrogens with two attached hydrogens (primary N) is 4. The smallest absolute Gasteiger partial charge is 0.328 e. The van der Waals surface area contributed by atoms with Gasteiger partial charge in [-0.3, -0.25) is 112 Å². The first-order valence-corrected chi connectivity index (χ1v) is 50.0. The number of thiol groups is 2. The van der Waals surface area contributed by atoms with Crippen LogP contribution in [0, 0.1) is 28.6 Å². The van der Waals surface area contributed by atoms with E-state index in [-0.39, 0.29) is 99.9 Å². The highest BCUT2D eigenvalue weighted by Gasteiger charge is 2.41. The van der Waals surface area contributed by atoms with Crippen LogP contribution >= 0.6 is 37.0 Å². The SMILES string of the molecule is CSCC[C@H](NC(=O)[C@H](CO)NC(=O)[C@H](CCCNC(=N)N)NC(=O)[C@H](CO)NC(=O)[C@H](CCC(=O)O)NC(=O)[C@H](CS)NC(=O)[C@H](CC(C)C)NC(=O)[C@H](CC(C)C)NC(=O)[C@H](Cc1cnc[nH]1)NC(=O)[C@H](Cc1ccccc1)NC(=O)CNC(=O)[C@H](CO)NC(=O)[C@H](CS)NC(=O)[C@@H](N)CO)C(=O)N[C@@H](CCC(N)=O)C(=O)N[C@@H](CCCNC(=N)N)C(=O)N[C@@H](CCC(=O)O)C(=O)N[C@@H](CC(C)C)C(=O)N[C@@H](CO)C(=O)O. The molecule has 18 atom stereocenters. The Balaban J connectivity index is 2.53. The zero-order valence-electron chi connectivity index (χ0n) is 83.4. The molecule has 0 aliphatic carbocycles. The van der Waals surface area contributed by atoms with E-state index in [1.165, 1.54) is 12.5 Å². The molecule has 0 aliphatic heterocycles. The van der Waals surface area contributed by atoms with Gasteiger partial charge >= 0.3 is 17.9 Å². The Kier molecular flexibility index (Phi) is 61.7. The number of aromatic amines is 1. The first kappa shape index (κ1) is 131. The lowest BCUT2D eigenvalue weighted by Gasteiger charge is -2.29. The summed E-state index contributed by atoms with van der Waals surface area (Å²) in [6.07, 6.45) is -2.38. The number of carbonyl (C=O) groups is 22. The van der Waals surface area contributed by atoms with Crippen LogP contribution in [0.3, 0.4) is 0 Å². The van der Waals surface area contributed by atoms with E-state index < -0.39 is 347 Å². The monoisotopic (exact) mass is 2170 g/mol. The van der Waals surface area contributed by atoms with Gasteiger partial charge in [0.05, 0.1) is 45.9 Å². The number of guanidine groups is 2. The van der Waals surface area contributed by atoms with Crippen LogP contribution < -0.4 is 129 Å². The molecular weight excluding hydrogens is 2030 g/mol. The number of carboxylic acids is 3. The maximum Gasteiger partial charge on any atom is 0.328 e. The lowest BCUT2D eigenvalue weighted by molar-refractivity contribution is -0.143. The van der Waals surface area contributed by atoms with E-state index in [0.717, 1.165) is 11.8 Å². The van der Waals surface area contributed by atoms with E-state index >= 15 is 0 Å². The van der Waals surface area contributed by atoms with Crippen molar-refractivity contribution in [2.45, 2.75) is 253 Å². The summed E-state index contributed by atoms with van der Waals surface area (Å²) in [5, 5.41) is 142. The van der Waals surface area contributed by atoms with Crippen LogP contribution in [0.25, 0.3) is 0 Å². The molecule has 2 rings (SSSR count). The van der Waals surface area contributed by atoms with Crippen molar-refractivity contribution in [3.63, 3.8) is 0 Å². The van der Waals surface area contributed by atoms with Crippen molar-refractivity contribution in [2.75, 3.05) is 76.2 Å². The zero-order chi connectivity index (χ0) is 112. The van der Waals surface area contributed by atoms with E-state index in [9.17, 15) is 146 Å². The first-order valence-electron chi connectivity index (χ1n) is 47.3. The second-order valence-corrected chi connectivity index (χ2v) is 37.2. The Morgan fingerprint density at radius 3 is 0.993 bits per heavy atom. The first-order chi connectivity index (χ1) is 70.3. The number of carbonyl (C=O) groups excluding carboxylic acids is 19. The molecule has 1 heterocycles. The zero-order valence-corrected chi connectivity index (χ0v) is 86.0. The van der Waals surface area contributed by atoms with Crippen molar-refractivity contribution >= 4 is 179 Å². The molecule has 19 amide bonds. The number of aliphatic hydroxyl groups is 5. The maximum absolute atomic E-state index is 14.7. The van der Waals surface area contributed by atoms with Gasteiger partial charge < -0.3 is 175 Å². The molecule has 834 valence electrons. The Hall–Kier alpha value is -13.9. The molecule has 0 radical (unpaired) electrons. The number of nitrogens with one attached hydrogen (secondary N) is 23. The average Bonchev–Trinajstić information content (AvgIpc) is 1.66. The molecule has 0 spiro atoms. The molecule has 1 aromatic carbocycles. The van der Waals surface area contributed by atoms with Crippen molar-refractivity contribution in [3.8, 4) is 0 Å². The van der Waals surface area contributed by atoms with Gasteiger partial charge in [-0.1, -0.05) is 71.9 Å². The molecule has 61 heteroatoms. The van der Waals surface area contributed by atoms with Crippen LogP contribution in [0.2, 0.25) is 0 Å². The van der Waals surface area contributed by atoms with Gasteiger partial charge in [-0.25, -0.2) is 9.78 Å². The number of amides is 19. The summed E-state index contributed by atoms with van der Waals surface area (Å²) in [6.45, 7) is 3.46. The van der Waals surface area contributed by atoms with Crippen LogP contribution in [0.5, 0.6) is 0 Å². The lowest BCUT2D eigenvalue weighted by Crippen LogP contribution is -2.62. The Morgan fingerprint density at radius 1 is 0.362 bits per heavy atom. The number of thioether (sulfide) groups is 1. The highest BCUT2D eigenvalue weighted by atomic mass is 32.2. The molecule has 149 heavy (non-hydrogen) atoms. The predicted molar refractivity (Wildman–Crippen MR) is 539 cm³/mol. The van der Waals surface area contributed by atoms with Crippen molar-refractivity contribution in [2.24, 2.45) is 40.7 Å². The largest absolute Gasteiger partial charge is 0.481 e. The van der Waals surface area contributed by atoms with Crippen molar-refractivity contribution < 1.29 is 146 Å². The van der Waals surface area contributed by atoms with Crippen molar-refractivity contribution in [3.05, 3.63) is 54.1 Å². The van der Waals surface area contributed by atoms with E-state index in [4.69, 9.17) is 33.8 Å². The molecule has 2 aromatic rings. The number of aromatic nitrogens is 2. The summed E-state index contributed by atoms with van der Waals surface area (Å²) in [7, 11) is 0. The number of aliphatic carboxylic acids is 3. The summed E-state index contributed by atoms with van der Waals surface area (Å²) in [5.74, 6) is -29.0. The summed E-state index contributed by atoms with van der Waals surface area (Å²) >= 11 is 9.43. The minimum Gasteiger partial charge on any atom is -0.481 e. The van der Waals surface area contributed by atoms with E-state index in [1.807, 2.05) is 0 Å². The van der Waals surface area contributed by atoms with Gasteiger partial charge in [0, 0.05) is 68.6 Å². The summed E-state index contributed by atoms with van der Waals surface area (Å²) < 4.78 is 0. The van der Waals surface area contributed by atoms with Gasteiger partial charge in [0.2, 0.25) is 112 Å². The van der Waals surface area contributed by atoms with Crippen LogP contribution in [0.15, 0.2) is 42.9 Å². The number of hydrogen-bond donors (Lipinski definition) is 37. The Labute approximate surface area is 872 Å². The lowest BCUT2D eigenvalue weighted by atomic mass is 9.99. The molecule has 0 bridgehead atoms. The normalized spacial score (nSPS) is 14.7. The van der Waals surface area contributed by atoms with Crippen LogP contribution in [0.4, 0.5) is 0 Å².